The molecule has 0 spiro atoms. The summed E-state index contributed by atoms with van der Waals surface area (Å²) in [6.45, 7) is 3.55. The Morgan fingerprint density at radius 1 is 1.04 bits per heavy atom. The number of nitrogens with zero attached hydrogens (tertiary/aromatic N) is 1. The first-order valence-electron chi connectivity index (χ1n) is 10.2. The van der Waals surface area contributed by atoms with Crippen LogP contribution in [-0.4, -0.2) is 24.9 Å². The number of benzene rings is 2. The maximum Gasteiger partial charge on any atom is 0.344 e. The quantitative estimate of drug-likeness (QED) is 0.450. The molecule has 4 heteroatoms. The predicted molar refractivity (Wildman–Crippen MR) is 113 cm³/mol. The van der Waals surface area contributed by atoms with E-state index < -0.39 is 0 Å². The molecule has 0 heterocycles. The highest BCUT2D eigenvalue weighted by Crippen LogP contribution is 2.33. The number of aliphatic imine (C=N–C) groups is 1. The summed E-state index contributed by atoms with van der Waals surface area (Å²) < 4.78 is 10.5. The molecule has 0 radical (unpaired) electrons. The molecule has 0 saturated heterocycles. The Morgan fingerprint density at radius 2 is 1.71 bits per heavy atom. The van der Waals surface area contributed by atoms with Crippen molar-refractivity contribution in [3.63, 3.8) is 0 Å². The van der Waals surface area contributed by atoms with E-state index in [0.29, 0.717) is 5.75 Å². The normalized spacial score (nSPS) is 15.1. The van der Waals surface area contributed by atoms with Gasteiger partial charge in [-0.3, -0.25) is 4.99 Å². The van der Waals surface area contributed by atoms with Crippen LogP contribution < -0.4 is 4.74 Å². The third-order valence-corrected chi connectivity index (χ3v) is 4.94. The first kappa shape index (κ1) is 20.1. The fraction of sp³-hybridized carbons (Fsp3) is 0.417. The Balaban J connectivity index is 1.52. The number of carbonyl (C=O) groups is 1. The number of carbonyl (C=O) groups excluding carboxylic acids is 1. The SMILES string of the molecule is CC(C)OC(=O)COc1ccc(C=Nc2ccc(C3CCCCC3)cc2)cc1. The van der Waals surface area contributed by atoms with Crippen LogP contribution in [0.4, 0.5) is 5.69 Å². The molecule has 3 rings (SSSR count). The molecule has 4 nitrogen and oxygen atoms in total. The van der Waals surface area contributed by atoms with Gasteiger partial charge in [-0.2, -0.15) is 0 Å². The van der Waals surface area contributed by atoms with Gasteiger partial charge >= 0.3 is 5.97 Å². The Kier molecular flexibility index (Phi) is 7.24. The summed E-state index contributed by atoms with van der Waals surface area (Å²) >= 11 is 0. The van der Waals surface area contributed by atoms with Gasteiger partial charge < -0.3 is 9.47 Å². The lowest BCUT2D eigenvalue weighted by molar-refractivity contribution is -0.149. The average molecular weight is 380 g/mol. The van der Waals surface area contributed by atoms with E-state index >= 15 is 0 Å². The van der Waals surface area contributed by atoms with Crippen molar-refractivity contribution >= 4 is 17.9 Å². The first-order chi connectivity index (χ1) is 13.6. The zero-order valence-electron chi connectivity index (χ0n) is 16.8. The topological polar surface area (TPSA) is 47.9 Å². The van der Waals surface area contributed by atoms with Crippen molar-refractivity contribution in [2.24, 2.45) is 4.99 Å². The van der Waals surface area contributed by atoms with Gasteiger partial charge in [-0.15, -0.1) is 0 Å². The van der Waals surface area contributed by atoms with Gasteiger partial charge in [0.05, 0.1) is 11.8 Å². The number of rotatable bonds is 7. The van der Waals surface area contributed by atoms with Crippen molar-refractivity contribution < 1.29 is 14.3 Å². The Morgan fingerprint density at radius 3 is 2.36 bits per heavy atom. The van der Waals surface area contributed by atoms with Crippen LogP contribution in [0.1, 0.15) is 63.0 Å². The maximum atomic E-state index is 11.5. The molecular formula is C24H29NO3. The lowest BCUT2D eigenvalue weighted by Crippen LogP contribution is -2.18. The molecule has 0 aromatic heterocycles. The van der Waals surface area contributed by atoms with Gasteiger partial charge in [0.2, 0.25) is 0 Å². The predicted octanol–water partition coefficient (Wildman–Crippen LogP) is 5.82. The molecule has 0 unspecified atom stereocenters. The van der Waals surface area contributed by atoms with Crippen LogP contribution in [0.3, 0.4) is 0 Å². The molecule has 0 N–H and O–H groups in total. The van der Waals surface area contributed by atoms with Crippen molar-refractivity contribution in [1.29, 1.82) is 0 Å². The van der Waals surface area contributed by atoms with Crippen molar-refractivity contribution in [3.05, 3.63) is 59.7 Å². The largest absolute Gasteiger partial charge is 0.482 e. The highest BCUT2D eigenvalue weighted by atomic mass is 16.6. The summed E-state index contributed by atoms with van der Waals surface area (Å²) in [6.07, 6.45) is 8.41. The Bertz CT molecular complexity index is 773. The number of hydrogen-bond acceptors (Lipinski definition) is 4. The van der Waals surface area contributed by atoms with Gasteiger partial charge in [-0.25, -0.2) is 4.79 Å². The Labute approximate surface area is 167 Å². The van der Waals surface area contributed by atoms with E-state index in [4.69, 9.17) is 9.47 Å². The molecular weight excluding hydrogens is 350 g/mol. The zero-order chi connectivity index (χ0) is 19.8. The second-order valence-corrected chi connectivity index (χ2v) is 7.58. The van der Waals surface area contributed by atoms with Crippen LogP contribution in [0.15, 0.2) is 53.5 Å². The van der Waals surface area contributed by atoms with Gasteiger partial charge in [0.25, 0.3) is 0 Å². The summed E-state index contributed by atoms with van der Waals surface area (Å²) in [5.41, 5.74) is 3.38. The van der Waals surface area contributed by atoms with E-state index in [1.807, 2.05) is 44.3 Å². The molecule has 0 atom stereocenters. The minimum absolute atomic E-state index is 0.0844. The molecule has 1 aliphatic rings. The first-order valence-corrected chi connectivity index (χ1v) is 10.2. The second kappa shape index (κ2) is 10.1. The molecule has 2 aromatic rings. The van der Waals surface area contributed by atoms with E-state index in [0.717, 1.165) is 17.2 Å². The third-order valence-electron chi connectivity index (χ3n) is 4.94. The van der Waals surface area contributed by atoms with Gasteiger partial charge in [-0.05, 0) is 80.1 Å². The molecule has 0 amide bonds. The molecule has 1 saturated carbocycles. The fourth-order valence-electron chi connectivity index (χ4n) is 3.51. The monoisotopic (exact) mass is 379 g/mol. The highest BCUT2D eigenvalue weighted by Gasteiger charge is 2.14. The van der Waals surface area contributed by atoms with Crippen molar-refractivity contribution in [2.45, 2.75) is 58.0 Å². The van der Waals surface area contributed by atoms with E-state index in [2.05, 4.69) is 29.3 Å². The summed E-state index contributed by atoms with van der Waals surface area (Å²) in [7, 11) is 0. The van der Waals surface area contributed by atoms with Crippen LogP contribution in [0.2, 0.25) is 0 Å². The molecule has 1 fully saturated rings. The molecule has 28 heavy (non-hydrogen) atoms. The van der Waals surface area contributed by atoms with Crippen molar-refractivity contribution in [3.8, 4) is 5.75 Å². The van der Waals surface area contributed by atoms with Crippen LogP contribution in [0.5, 0.6) is 5.75 Å². The van der Waals surface area contributed by atoms with Gasteiger partial charge in [0.1, 0.15) is 5.75 Å². The maximum absolute atomic E-state index is 11.5. The zero-order valence-corrected chi connectivity index (χ0v) is 16.8. The minimum atomic E-state index is -0.364. The molecule has 2 aromatic carbocycles. The lowest BCUT2D eigenvalue weighted by atomic mass is 9.84. The Hall–Kier alpha value is -2.62. The number of ether oxygens (including phenoxy) is 2. The van der Waals surface area contributed by atoms with Crippen molar-refractivity contribution in [2.75, 3.05) is 6.61 Å². The molecule has 0 aliphatic heterocycles. The van der Waals surface area contributed by atoms with Crippen LogP contribution >= 0.6 is 0 Å². The van der Waals surface area contributed by atoms with E-state index in [-0.39, 0.29) is 18.7 Å². The van der Waals surface area contributed by atoms with Crippen molar-refractivity contribution in [1.82, 2.24) is 0 Å². The van der Waals surface area contributed by atoms with Gasteiger partial charge in [-0.1, -0.05) is 31.4 Å². The third kappa shape index (κ3) is 6.22. The molecule has 1 aliphatic carbocycles. The summed E-state index contributed by atoms with van der Waals surface area (Å²) in [5.74, 6) is 0.990. The number of hydrogen-bond donors (Lipinski definition) is 0. The highest BCUT2D eigenvalue weighted by molar-refractivity contribution is 5.82. The van der Waals surface area contributed by atoms with E-state index in [9.17, 15) is 4.79 Å². The summed E-state index contributed by atoms with van der Waals surface area (Å²) in [4.78, 5) is 16.1. The lowest BCUT2D eigenvalue weighted by Gasteiger charge is -2.21. The minimum Gasteiger partial charge on any atom is -0.482 e. The smallest absolute Gasteiger partial charge is 0.344 e. The second-order valence-electron chi connectivity index (χ2n) is 7.58. The van der Waals surface area contributed by atoms with Gasteiger partial charge in [0, 0.05) is 6.21 Å². The molecule has 148 valence electrons. The van der Waals surface area contributed by atoms with Gasteiger partial charge in [0.15, 0.2) is 6.61 Å². The van der Waals surface area contributed by atoms with E-state index in [1.54, 1.807) is 0 Å². The summed E-state index contributed by atoms with van der Waals surface area (Å²) in [6, 6.07) is 16.1. The molecule has 0 bridgehead atoms. The van der Waals surface area contributed by atoms with Crippen LogP contribution in [-0.2, 0) is 9.53 Å². The fourth-order valence-corrected chi connectivity index (χ4v) is 3.51. The van der Waals surface area contributed by atoms with Crippen LogP contribution in [0.25, 0.3) is 0 Å². The summed E-state index contributed by atoms with van der Waals surface area (Å²) in [5, 5.41) is 0. The van der Waals surface area contributed by atoms with Crippen LogP contribution in [0, 0.1) is 0 Å². The average Bonchev–Trinajstić information content (AvgIpc) is 2.72. The number of esters is 1. The standard InChI is InChI=1S/C24H29NO3/c1-18(2)28-24(26)17-27-23-14-8-19(9-15-23)16-25-22-12-10-21(11-13-22)20-6-4-3-5-7-20/h8-16,18,20H,3-7,17H2,1-2H3. The van der Waals surface area contributed by atoms with E-state index in [1.165, 1.54) is 37.7 Å².